The van der Waals surface area contributed by atoms with Crippen molar-refractivity contribution in [3.63, 3.8) is 0 Å². The van der Waals surface area contributed by atoms with Crippen LogP contribution in [0.3, 0.4) is 0 Å². The molecule has 4 aromatic rings. The number of rotatable bonds is 8. The SMILES string of the molecule is C=CCOc1ccc(C2c3c(oc4ccccc4c3=O)C(=O)N2Cc2ccc(OC)cc2)cc1OC. The number of carbonyl (C=O) groups excluding carboxylic acids is 1. The van der Waals surface area contributed by atoms with E-state index in [4.69, 9.17) is 18.6 Å². The van der Waals surface area contributed by atoms with Gasteiger partial charge >= 0.3 is 0 Å². The monoisotopic (exact) mass is 483 g/mol. The first-order chi connectivity index (χ1) is 17.5. The highest BCUT2D eigenvalue weighted by atomic mass is 16.5. The standard InChI is InChI=1S/C29H25NO6/c1-4-15-35-23-14-11-19(16-24(23)34-3)26-25-27(31)21-7-5-6-8-22(21)36-28(25)29(32)30(26)17-18-9-12-20(33-2)13-10-18/h4-14,16,26H,1,15,17H2,2-3H3. The number of hydrogen-bond acceptors (Lipinski definition) is 6. The van der Waals surface area contributed by atoms with E-state index in [2.05, 4.69) is 6.58 Å². The highest BCUT2D eigenvalue weighted by Gasteiger charge is 2.43. The average Bonchev–Trinajstić information content (AvgIpc) is 3.19. The van der Waals surface area contributed by atoms with Gasteiger partial charge in [-0.05, 0) is 47.5 Å². The largest absolute Gasteiger partial charge is 0.497 e. The van der Waals surface area contributed by atoms with Crippen LogP contribution in [0.2, 0.25) is 0 Å². The average molecular weight is 484 g/mol. The van der Waals surface area contributed by atoms with Gasteiger partial charge in [0, 0.05) is 6.54 Å². The van der Waals surface area contributed by atoms with Crippen molar-refractivity contribution in [1.29, 1.82) is 0 Å². The zero-order chi connectivity index (χ0) is 25.2. The molecular formula is C29H25NO6. The van der Waals surface area contributed by atoms with Gasteiger partial charge in [-0.1, -0.05) is 43.0 Å². The predicted molar refractivity (Wildman–Crippen MR) is 136 cm³/mol. The summed E-state index contributed by atoms with van der Waals surface area (Å²) in [6.45, 7) is 4.26. The van der Waals surface area contributed by atoms with E-state index in [-0.39, 0.29) is 23.6 Å². The molecule has 1 amide bonds. The third-order valence-corrected chi connectivity index (χ3v) is 6.25. The molecule has 1 aromatic heterocycles. The highest BCUT2D eigenvalue weighted by molar-refractivity contribution is 5.99. The van der Waals surface area contributed by atoms with Gasteiger partial charge in [-0.3, -0.25) is 9.59 Å². The number of amides is 1. The van der Waals surface area contributed by atoms with Crippen LogP contribution in [-0.4, -0.2) is 31.6 Å². The molecule has 0 aliphatic carbocycles. The first kappa shape index (κ1) is 23.2. The molecule has 0 saturated heterocycles. The van der Waals surface area contributed by atoms with Crippen LogP contribution in [0.4, 0.5) is 0 Å². The third kappa shape index (κ3) is 3.98. The summed E-state index contributed by atoms with van der Waals surface area (Å²) in [7, 11) is 3.15. The fourth-order valence-corrected chi connectivity index (χ4v) is 4.53. The van der Waals surface area contributed by atoms with Gasteiger partial charge in [0.15, 0.2) is 16.9 Å². The molecule has 1 unspecified atom stereocenters. The molecule has 0 radical (unpaired) electrons. The third-order valence-electron chi connectivity index (χ3n) is 6.25. The Hall–Kier alpha value is -4.52. The van der Waals surface area contributed by atoms with Crippen molar-refractivity contribution in [2.45, 2.75) is 12.6 Å². The van der Waals surface area contributed by atoms with E-state index in [9.17, 15) is 9.59 Å². The van der Waals surface area contributed by atoms with Crippen LogP contribution < -0.4 is 19.6 Å². The Kier molecular flexibility index (Phi) is 6.21. The van der Waals surface area contributed by atoms with Crippen molar-refractivity contribution in [2.75, 3.05) is 20.8 Å². The van der Waals surface area contributed by atoms with E-state index in [1.54, 1.807) is 61.6 Å². The molecule has 0 N–H and O–H groups in total. The zero-order valence-electron chi connectivity index (χ0n) is 20.0. The zero-order valence-corrected chi connectivity index (χ0v) is 20.0. The topological polar surface area (TPSA) is 78.2 Å². The maximum absolute atomic E-state index is 13.7. The molecule has 0 fully saturated rings. The van der Waals surface area contributed by atoms with Gasteiger partial charge in [-0.25, -0.2) is 0 Å². The van der Waals surface area contributed by atoms with Crippen LogP contribution in [0.1, 0.15) is 33.3 Å². The predicted octanol–water partition coefficient (Wildman–Crippen LogP) is 5.12. The first-order valence-corrected chi connectivity index (χ1v) is 11.5. The van der Waals surface area contributed by atoms with Crippen LogP contribution in [0, 0.1) is 0 Å². The maximum Gasteiger partial charge on any atom is 0.291 e. The van der Waals surface area contributed by atoms with E-state index in [1.807, 2.05) is 30.3 Å². The van der Waals surface area contributed by atoms with Gasteiger partial charge < -0.3 is 23.5 Å². The molecule has 1 atom stereocenters. The molecule has 1 aliphatic rings. The Balaban J connectivity index is 1.66. The number of ether oxygens (including phenoxy) is 3. The van der Waals surface area contributed by atoms with Gasteiger partial charge in [-0.2, -0.15) is 0 Å². The maximum atomic E-state index is 13.7. The summed E-state index contributed by atoms with van der Waals surface area (Å²) in [6, 6.07) is 19.2. The lowest BCUT2D eigenvalue weighted by molar-refractivity contribution is 0.0714. The molecule has 5 rings (SSSR count). The molecule has 7 heteroatoms. The molecule has 3 aromatic carbocycles. The fourth-order valence-electron chi connectivity index (χ4n) is 4.53. The summed E-state index contributed by atoms with van der Waals surface area (Å²) >= 11 is 0. The number of carbonyl (C=O) groups is 1. The Morgan fingerprint density at radius 1 is 0.972 bits per heavy atom. The second kappa shape index (κ2) is 9.62. The van der Waals surface area contributed by atoms with Crippen molar-refractivity contribution in [1.82, 2.24) is 4.90 Å². The number of nitrogens with zero attached hydrogens (tertiary/aromatic N) is 1. The van der Waals surface area contributed by atoms with Gasteiger partial charge in [0.2, 0.25) is 5.76 Å². The Bertz CT molecular complexity index is 1500. The Labute approximate surface area is 208 Å². The quantitative estimate of drug-likeness (QED) is 0.324. The lowest BCUT2D eigenvalue weighted by Gasteiger charge is -2.26. The number of fused-ring (bicyclic) bond motifs is 2. The van der Waals surface area contributed by atoms with Crippen molar-refractivity contribution >= 4 is 16.9 Å². The van der Waals surface area contributed by atoms with Gasteiger partial charge in [0.25, 0.3) is 5.91 Å². The van der Waals surface area contributed by atoms with E-state index in [1.165, 1.54) is 0 Å². The second-order valence-corrected chi connectivity index (χ2v) is 8.36. The molecule has 182 valence electrons. The van der Waals surface area contributed by atoms with Gasteiger partial charge in [0.1, 0.15) is 17.9 Å². The van der Waals surface area contributed by atoms with Crippen LogP contribution >= 0.6 is 0 Å². The van der Waals surface area contributed by atoms with Crippen molar-refractivity contribution < 1.29 is 23.4 Å². The van der Waals surface area contributed by atoms with Gasteiger partial charge in [-0.15, -0.1) is 0 Å². The van der Waals surface area contributed by atoms with E-state index in [0.717, 1.165) is 5.56 Å². The van der Waals surface area contributed by atoms with Crippen molar-refractivity contribution in [3.8, 4) is 17.2 Å². The molecule has 2 heterocycles. The Morgan fingerprint density at radius 2 is 1.75 bits per heavy atom. The normalized spacial score (nSPS) is 14.6. The summed E-state index contributed by atoms with van der Waals surface area (Å²) in [4.78, 5) is 29.0. The molecular weight excluding hydrogens is 458 g/mol. The number of hydrogen-bond donors (Lipinski definition) is 0. The summed E-state index contributed by atoms with van der Waals surface area (Å²) in [5.41, 5.74) is 2.06. The minimum atomic E-state index is -0.669. The first-order valence-electron chi connectivity index (χ1n) is 11.5. The van der Waals surface area contributed by atoms with Crippen LogP contribution in [-0.2, 0) is 6.54 Å². The van der Waals surface area contributed by atoms with Crippen LogP contribution in [0.5, 0.6) is 17.2 Å². The lowest BCUT2D eigenvalue weighted by Crippen LogP contribution is -2.29. The van der Waals surface area contributed by atoms with Crippen LogP contribution in [0.25, 0.3) is 11.0 Å². The van der Waals surface area contributed by atoms with Crippen LogP contribution in [0.15, 0.2) is 88.6 Å². The van der Waals surface area contributed by atoms with E-state index >= 15 is 0 Å². The highest BCUT2D eigenvalue weighted by Crippen LogP contribution is 2.41. The minimum Gasteiger partial charge on any atom is -0.497 e. The summed E-state index contributed by atoms with van der Waals surface area (Å²) < 4.78 is 22.5. The summed E-state index contributed by atoms with van der Waals surface area (Å²) in [6.07, 6.45) is 1.64. The smallest absolute Gasteiger partial charge is 0.291 e. The van der Waals surface area contributed by atoms with E-state index < -0.39 is 6.04 Å². The van der Waals surface area contributed by atoms with E-state index in [0.29, 0.717) is 46.0 Å². The molecule has 36 heavy (non-hydrogen) atoms. The molecule has 7 nitrogen and oxygen atoms in total. The Morgan fingerprint density at radius 3 is 2.47 bits per heavy atom. The number of methoxy groups -OCH3 is 2. The molecule has 0 saturated carbocycles. The summed E-state index contributed by atoms with van der Waals surface area (Å²) in [5, 5.41) is 0.429. The number of para-hydroxylation sites is 1. The molecule has 0 bridgehead atoms. The van der Waals surface area contributed by atoms with Gasteiger partial charge in [0.05, 0.1) is 31.2 Å². The molecule has 1 aliphatic heterocycles. The van der Waals surface area contributed by atoms with Crippen molar-refractivity contribution in [2.24, 2.45) is 0 Å². The van der Waals surface area contributed by atoms with Crippen molar-refractivity contribution in [3.05, 3.63) is 112 Å². The lowest BCUT2D eigenvalue weighted by atomic mass is 9.97. The second-order valence-electron chi connectivity index (χ2n) is 8.36. The molecule has 0 spiro atoms. The summed E-state index contributed by atoms with van der Waals surface area (Å²) in [5.74, 6) is 1.46. The fraction of sp³-hybridized carbons (Fsp3) is 0.172. The number of benzene rings is 3. The minimum absolute atomic E-state index is 0.0585.